The van der Waals surface area contributed by atoms with Crippen LogP contribution in [0.1, 0.15) is 19.0 Å². The summed E-state index contributed by atoms with van der Waals surface area (Å²) in [6.07, 6.45) is 0.456. The first kappa shape index (κ1) is 26.9. The molecule has 14 nitrogen and oxygen atoms in total. The molecule has 15 heteroatoms. The van der Waals surface area contributed by atoms with Crippen molar-refractivity contribution in [1.82, 2.24) is 25.9 Å². The second-order valence-electron chi connectivity index (χ2n) is 6.85. The highest BCUT2D eigenvalue weighted by atomic mass is 32.1. The maximum absolute atomic E-state index is 12.6. The number of carboxylic acid groups (broad SMARTS) is 2. The Morgan fingerprint density at radius 3 is 2.09 bits per heavy atom. The lowest BCUT2D eigenvalue weighted by atomic mass is 10.1. The lowest BCUT2D eigenvalue weighted by Crippen LogP contribution is -2.59. The van der Waals surface area contributed by atoms with Crippen molar-refractivity contribution in [1.29, 1.82) is 0 Å². The summed E-state index contributed by atoms with van der Waals surface area (Å²) in [6.45, 7) is 1.27. The number of hydrogen-bond acceptors (Lipinski definition) is 9. The van der Waals surface area contributed by atoms with Crippen LogP contribution in [0.3, 0.4) is 0 Å². The summed E-state index contributed by atoms with van der Waals surface area (Å²) >= 11 is 3.94. The predicted octanol–water partition coefficient (Wildman–Crippen LogP) is -3.40. The Kier molecular flexibility index (Phi) is 10.6. The molecule has 0 aliphatic carbocycles. The number of carbonyl (C=O) groups is 5. The Hall–Kier alpha value is -3.17. The Labute approximate surface area is 187 Å². The first-order valence-electron chi connectivity index (χ1n) is 9.33. The number of amides is 3. The minimum Gasteiger partial charge on any atom is -0.481 e. The van der Waals surface area contributed by atoms with Crippen LogP contribution in [0.4, 0.5) is 0 Å². The fourth-order valence-corrected chi connectivity index (χ4v) is 2.68. The molecule has 0 saturated heterocycles. The van der Waals surface area contributed by atoms with Crippen LogP contribution >= 0.6 is 12.6 Å². The van der Waals surface area contributed by atoms with Crippen molar-refractivity contribution in [3.05, 3.63) is 18.2 Å². The highest BCUT2D eigenvalue weighted by Gasteiger charge is 2.31. The van der Waals surface area contributed by atoms with Gasteiger partial charge in [-0.1, -0.05) is 0 Å². The van der Waals surface area contributed by atoms with Gasteiger partial charge in [0.2, 0.25) is 17.7 Å². The maximum Gasteiger partial charge on any atom is 0.326 e. The monoisotopic (exact) mass is 474 g/mol. The third-order valence-electron chi connectivity index (χ3n) is 4.24. The number of H-pyrrole nitrogens is 1. The van der Waals surface area contributed by atoms with Crippen LogP contribution in [-0.4, -0.2) is 91.0 Å². The van der Waals surface area contributed by atoms with E-state index in [0.717, 1.165) is 0 Å². The van der Waals surface area contributed by atoms with E-state index in [9.17, 15) is 34.2 Å². The van der Waals surface area contributed by atoms with Gasteiger partial charge in [0.1, 0.15) is 24.2 Å². The molecular weight excluding hydrogens is 448 g/mol. The average Bonchev–Trinajstić information content (AvgIpc) is 3.22. The smallest absolute Gasteiger partial charge is 0.326 e. The maximum atomic E-state index is 12.6. The van der Waals surface area contributed by atoms with Gasteiger partial charge in [-0.2, -0.15) is 12.6 Å². The normalized spacial score (nSPS) is 15.5. The standard InChI is InChI=1S/C17H26N6O8S/c1-7(24)13(18)16(29)23-11(5-32)15(28)21-9(3-12(25)26)14(27)22-10(17(30)31)2-8-4-19-6-20-8/h4,6-7,9-11,13,24,32H,2-3,5,18H2,1H3,(H,19,20)(H,21,28)(H,22,27)(H,23,29)(H,25,26)(H,30,31). The quantitative estimate of drug-likeness (QED) is 0.128. The van der Waals surface area contributed by atoms with Crippen LogP contribution in [0.2, 0.25) is 0 Å². The van der Waals surface area contributed by atoms with E-state index in [1.807, 2.05) is 0 Å². The molecule has 0 bridgehead atoms. The van der Waals surface area contributed by atoms with Crippen molar-refractivity contribution >= 4 is 42.3 Å². The molecule has 0 aliphatic heterocycles. The lowest BCUT2D eigenvalue weighted by molar-refractivity contribution is -0.143. The van der Waals surface area contributed by atoms with E-state index >= 15 is 0 Å². The zero-order valence-corrected chi connectivity index (χ0v) is 17.9. The summed E-state index contributed by atoms with van der Waals surface area (Å²) in [5.41, 5.74) is 5.90. The van der Waals surface area contributed by atoms with Crippen LogP contribution in [0, 0.1) is 0 Å². The number of hydrogen-bond donors (Lipinski definition) is 9. The van der Waals surface area contributed by atoms with Gasteiger partial charge in [0.05, 0.1) is 18.9 Å². The van der Waals surface area contributed by atoms with Crippen LogP contribution in [-0.2, 0) is 30.4 Å². The van der Waals surface area contributed by atoms with Crippen molar-refractivity contribution < 1.29 is 39.3 Å². The van der Waals surface area contributed by atoms with Crippen LogP contribution < -0.4 is 21.7 Å². The van der Waals surface area contributed by atoms with E-state index in [4.69, 9.17) is 10.8 Å². The average molecular weight is 474 g/mol. The first-order chi connectivity index (χ1) is 15.0. The van der Waals surface area contributed by atoms with Crippen LogP contribution in [0.25, 0.3) is 0 Å². The Morgan fingerprint density at radius 1 is 1.06 bits per heavy atom. The predicted molar refractivity (Wildman–Crippen MR) is 111 cm³/mol. The molecule has 5 unspecified atom stereocenters. The summed E-state index contributed by atoms with van der Waals surface area (Å²) in [5, 5.41) is 34.4. The molecule has 1 heterocycles. The first-order valence-corrected chi connectivity index (χ1v) is 9.97. The number of imidazole rings is 1. The number of aromatic amines is 1. The van der Waals surface area contributed by atoms with Gasteiger partial charge >= 0.3 is 11.9 Å². The summed E-state index contributed by atoms with van der Waals surface area (Å²) < 4.78 is 0. The summed E-state index contributed by atoms with van der Waals surface area (Å²) in [7, 11) is 0. The van der Waals surface area contributed by atoms with E-state index in [1.54, 1.807) is 0 Å². The number of aromatic nitrogens is 2. The number of carbonyl (C=O) groups excluding carboxylic acids is 3. The van der Waals surface area contributed by atoms with Gasteiger partial charge in [-0.05, 0) is 6.92 Å². The van der Waals surface area contributed by atoms with E-state index in [1.165, 1.54) is 19.4 Å². The van der Waals surface area contributed by atoms with Gasteiger partial charge in [0.25, 0.3) is 0 Å². The number of aliphatic hydroxyl groups is 1. The van der Waals surface area contributed by atoms with E-state index in [0.29, 0.717) is 5.69 Å². The number of rotatable bonds is 13. The number of nitrogens with two attached hydrogens (primary N) is 1. The van der Waals surface area contributed by atoms with E-state index in [-0.39, 0.29) is 12.2 Å². The number of aliphatic hydroxyl groups excluding tert-OH is 1. The Morgan fingerprint density at radius 2 is 1.62 bits per heavy atom. The largest absolute Gasteiger partial charge is 0.481 e. The van der Waals surface area contributed by atoms with Crippen molar-refractivity contribution in [3.8, 4) is 0 Å². The van der Waals surface area contributed by atoms with Crippen molar-refractivity contribution in [2.24, 2.45) is 5.73 Å². The highest BCUT2D eigenvalue weighted by Crippen LogP contribution is 2.03. The Bertz CT molecular complexity index is 818. The molecule has 1 aromatic heterocycles. The molecule has 3 amide bonds. The molecule has 0 aliphatic rings. The van der Waals surface area contributed by atoms with Gasteiger partial charge < -0.3 is 42.0 Å². The Balaban J connectivity index is 2.89. The third kappa shape index (κ3) is 8.52. The molecule has 0 radical (unpaired) electrons. The second kappa shape index (κ2) is 12.6. The van der Waals surface area contributed by atoms with Crippen LogP contribution in [0.15, 0.2) is 12.5 Å². The number of aliphatic carboxylic acids is 2. The molecule has 0 aromatic carbocycles. The third-order valence-corrected chi connectivity index (χ3v) is 4.61. The van der Waals surface area contributed by atoms with Gasteiger partial charge in [0.15, 0.2) is 0 Å². The molecule has 5 atom stereocenters. The number of nitrogens with one attached hydrogen (secondary N) is 4. The fraction of sp³-hybridized carbons (Fsp3) is 0.529. The van der Waals surface area contributed by atoms with Crippen molar-refractivity contribution in [3.63, 3.8) is 0 Å². The number of thiol groups is 1. The SMILES string of the molecule is CC(O)C(N)C(=O)NC(CS)C(=O)NC(CC(=O)O)C(=O)NC(Cc1cnc[nH]1)C(=O)O. The minimum atomic E-state index is -1.65. The van der Waals surface area contributed by atoms with Crippen molar-refractivity contribution in [2.45, 2.75) is 50.0 Å². The van der Waals surface area contributed by atoms with Gasteiger partial charge in [0, 0.05) is 24.1 Å². The van der Waals surface area contributed by atoms with Crippen molar-refractivity contribution in [2.75, 3.05) is 5.75 Å². The summed E-state index contributed by atoms with van der Waals surface area (Å²) in [5.74, 6) is -5.93. The van der Waals surface area contributed by atoms with Crippen LogP contribution in [0.5, 0.6) is 0 Å². The fourth-order valence-electron chi connectivity index (χ4n) is 2.43. The van der Waals surface area contributed by atoms with Gasteiger partial charge in [-0.25, -0.2) is 9.78 Å². The molecule has 1 rings (SSSR count). The van der Waals surface area contributed by atoms with Gasteiger partial charge in [-0.3, -0.25) is 19.2 Å². The van der Waals surface area contributed by atoms with E-state index < -0.39 is 66.4 Å². The highest BCUT2D eigenvalue weighted by molar-refractivity contribution is 7.80. The molecule has 178 valence electrons. The molecule has 0 spiro atoms. The molecule has 32 heavy (non-hydrogen) atoms. The molecule has 9 N–H and O–H groups in total. The zero-order valence-electron chi connectivity index (χ0n) is 17.0. The molecule has 0 fully saturated rings. The topological polar surface area (TPSA) is 237 Å². The molecule has 1 aromatic rings. The lowest BCUT2D eigenvalue weighted by Gasteiger charge is -2.24. The van der Waals surface area contributed by atoms with Gasteiger partial charge in [-0.15, -0.1) is 0 Å². The molecule has 0 saturated carbocycles. The number of nitrogens with zero attached hydrogens (tertiary/aromatic N) is 1. The second-order valence-corrected chi connectivity index (χ2v) is 7.21. The number of carboxylic acids is 2. The zero-order chi connectivity index (χ0) is 24.4. The minimum absolute atomic E-state index is 0.165. The molecular formula is C17H26N6O8S. The summed E-state index contributed by atoms with van der Waals surface area (Å²) in [6, 6.07) is -5.71. The van der Waals surface area contributed by atoms with E-state index in [2.05, 4.69) is 38.5 Å². The summed E-state index contributed by atoms with van der Waals surface area (Å²) in [4.78, 5) is 66.1.